The molecule has 2 saturated heterocycles. The van der Waals surface area contributed by atoms with Crippen LogP contribution in [-0.2, 0) is 20.9 Å². The molecule has 2 aromatic carbocycles. The Labute approximate surface area is 247 Å². The minimum atomic E-state index is -0.687. The predicted octanol–water partition coefficient (Wildman–Crippen LogP) is 4.56. The summed E-state index contributed by atoms with van der Waals surface area (Å²) in [6, 6.07) is 17.2. The second kappa shape index (κ2) is 11.5. The van der Waals surface area contributed by atoms with Gasteiger partial charge in [0.25, 0.3) is 0 Å². The Bertz CT molecular complexity index is 1510. The minimum Gasteiger partial charge on any atom is -0.372 e. The molecule has 1 aromatic heterocycles. The molecule has 41 heavy (non-hydrogen) atoms. The summed E-state index contributed by atoms with van der Waals surface area (Å²) in [6.45, 7) is 7.33. The maximum absolute atomic E-state index is 14.0. The van der Waals surface area contributed by atoms with Gasteiger partial charge in [-0.2, -0.15) is 0 Å². The highest BCUT2D eigenvalue weighted by atomic mass is 32.2. The summed E-state index contributed by atoms with van der Waals surface area (Å²) in [7, 11) is 0. The number of imide groups is 1. The van der Waals surface area contributed by atoms with Crippen molar-refractivity contribution in [2.45, 2.75) is 55.8 Å². The van der Waals surface area contributed by atoms with E-state index in [0.717, 1.165) is 59.8 Å². The van der Waals surface area contributed by atoms with E-state index in [4.69, 9.17) is 0 Å². The maximum atomic E-state index is 14.0. The number of carbonyl (C=O) groups is 3. The van der Waals surface area contributed by atoms with E-state index >= 15 is 0 Å². The van der Waals surface area contributed by atoms with E-state index in [1.807, 2.05) is 35.2 Å². The lowest BCUT2D eigenvalue weighted by atomic mass is 9.83. The first-order valence-electron chi connectivity index (χ1n) is 14.4. The molecule has 4 heterocycles. The van der Waals surface area contributed by atoms with E-state index in [2.05, 4.69) is 30.9 Å². The average Bonchev–Trinajstić information content (AvgIpc) is 3.45. The Hall–Kier alpha value is -3.37. The molecule has 8 nitrogen and oxygen atoms in total. The van der Waals surface area contributed by atoms with Crippen LogP contribution in [0.2, 0.25) is 0 Å². The molecule has 10 heteroatoms. The maximum Gasteiger partial charge on any atom is 0.308 e. The molecule has 3 aliphatic rings. The Balaban J connectivity index is 1.43. The zero-order valence-electron chi connectivity index (χ0n) is 23.3. The number of nitrogens with zero attached hydrogens (tertiary/aromatic N) is 4. The van der Waals surface area contributed by atoms with Gasteiger partial charge >= 0.3 is 4.87 Å². The van der Waals surface area contributed by atoms with Crippen molar-refractivity contribution >= 4 is 52.2 Å². The topological polar surface area (TPSA) is 82.9 Å². The van der Waals surface area contributed by atoms with Gasteiger partial charge in [-0.25, -0.2) is 4.90 Å². The molecular weight excluding hydrogens is 556 g/mol. The number of fused-ring (bicyclic) bond motifs is 2. The van der Waals surface area contributed by atoms with Gasteiger partial charge in [-0.15, -0.1) is 0 Å². The number of rotatable bonds is 7. The third-order valence-corrected chi connectivity index (χ3v) is 11.1. The third kappa shape index (κ3) is 4.91. The van der Waals surface area contributed by atoms with Crippen LogP contribution in [-0.4, -0.2) is 58.6 Å². The summed E-state index contributed by atoms with van der Waals surface area (Å²) in [5.41, 5.74) is 2.52. The predicted molar refractivity (Wildman–Crippen MR) is 163 cm³/mol. The Kier molecular flexibility index (Phi) is 7.78. The van der Waals surface area contributed by atoms with Crippen molar-refractivity contribution in [1.29, 1.82) is 0 Å². The summed E-state index contributed by atoms with van der Waals surface area (Å²) < 4.78 is 1.54. The van der Waals surface area contributed by atoms with E-state index in [-0.39, 0.29) is 29.1 Å². The van der Waals surface area contributed by atoms with Crippen molar-refractivity contribution in [2.75, 3.05) is 36.0 Å². The third-order valence-electron chi connectivity index (χ3n) is 8.45. The Morgan fingerprint density at radius 3 is 2.24 bits per heavy atom. The first-order valence-corrected chi connectivity index (χ1v) is 16.1. The van der Waals surface area contributed by atoms with Gasteiger partial charge in [0.1, 0.15) is 11.8 Å². The van der Waals surface area contributed by atoms with Crippen LogP contribution in [0.4, 0.5) is 11.4 Å². The average molecular weight is 591 g/mol. The first kappa shape index (κ1) is 27.8. The van der Waals surface area contributed by atoms with Crippen LogP contribution < -0.4 is 14.7 Å². The van der Waals surface area contributed by atoms with Gasteiger partial charge < -0.3 is 9.80 Å². The quantitative estimate of drug-likeness (QED) is 0.375. The minimum absolute atomic E-state index is 0.0484. The van der Waals surface area contributed by atoms with Crippen molar-refractivity contribution in [3.05, 3.63) is 74.7 Å². The molecule has 0 aliphatic carbocycles. The van der Waals surface area contributed by atoms with Gasteiger partial charge in [-0.3, -0.25) is 23.7 Å². The summed E-state index contributed by atoms with van der Waals surface area (Å²) >= 11 is 2.37. The largest absolute Gasteiger partial charge is 0.372 e. The van der Waals surface area contributed by atoms with Gasteiger partial charge in [0, 0.05) is 42.7 Å². The molecule has 6 rings (SSSR count). The molecule has 3 atom stereocenters. The van der Waals surface area contributed by atoms with Crippen LogP contribution in [0.1, 0.15) is 49.5 Å². The number of likely N-dealkylation sites (tertiary alicyclic amines) is 1. The number of carbonyl (C=O) groups excluding carboxylic acids is 3. The fraction of sp³-hybridized carbons (Fsp3) is 0.419. The molecule has 0 spiro atoms. The molecule has 0 bridgehead atoms. The van der Waals surface area contributed by atoms with Crippen LogP contribution >= 0.6 is 23.1 Å². The number of para-hydroxylation sites is 1. The highest BCUT2D eigenvalue weighted by molar-refractivity contribution is 8.00. The number of thiazole rings is 1. The van der Waals surface area contributed by atoms with Gasteiger partial charge in [0.05, 0.1) is 16.6 Å². The summed E-state index contributed by atoms with van der Waals surface area (Å²) in [5, 5.41) is -0.0477. The van der Waals surface area contributed by atoms with Gasteiger partial charge in [-0.05, 0) is 62.9 Å². The van der Waals surface area contributed by atoms with Crippen molar-refractivity contribution in [2.24, 2.45) is 5.92 Å². The van der Waals surface area contributed by atoms with Gasteiger partial charge in [-0.1, -0.05) is 53.4 Å². The fourth-order valence-electron chi connectivity index (χ4n) is 6.31. The molecule has 0 saturated carbocycles. The Morgan fingerprint density at radius 2 is 1.59 bits per heavy atom. The van der Waals surface area contributed by atoms with Crippen molar-refractivity contribution in [3.8, 4) is 0 Å². The van der Waals surface area contributed by atoms with E-state index < -0.39 is 17.1 Å². The van der Waals surface area contributed by atoms with Crippen LogP contribution in [0.25, 0.3) is 0 Å². The van der Waals surface area contributed by atoms with Gasteiger partial charge in [0.15, 0.2) is 0 Å². The molecule has 0 N–H and O–H groups in total. The normalized spacial score (nSPS) is 22.0. The SMILES string of the molecule is CCN(CC)c1ccc([C@H]2c3sc(=O)n(CC(=O)N4CCCCC4)c3SC3C(=O)N(c4ccccc4)C(=O)C32)cc1. The standard InChI is InChI=1S/C31H34N4O4S2/c1-3-32(4-2)21-15-13-20(14-16-21)24-25-26(29(38)35(28(25)37)22-11-7-5-8-12-22)40-30-27(24)41-31(39)34(30)19-23(36)33-17-9-6-10-18-33/h5,7-8,11-16,24-26H,3-4,6,9-10,17-19H2,1-2H3/t24-,25?,26?/m1/s1. The lowest BCUT2D eigenvalue weighted by Gasteiger charge is -2.31. The lowest BCUT2D eigenvalue weighted by Crippen LogP contribution is -2.39. The summed E-state index contributed by atoms with van der Waals surface area (Å²) in [6.07, 6.45) is 3.05. The molecule has 3 amide bonds. The van der Waals surface area contributed by atoms with Crippen LogP contribution in [0.3, 0.4) is 0 Å². The van der Waals surface area contributed by atoms with E-state index in [1.54, 1.807) is 12.1 Å². The molecule has 214 valence electrons. The molecule has 0 radical (unpaired) electrons. The van der Waals surface area contributed by atoms with E-state index in [1.165, 1.54) is 21.2 Å². The second-order valence-corrected chi connectivity index (χ2v) is 12.8. The monoisotopic (exact) mass is 590 g/mol. The molecule has 2 fully saturated rings. The molecule has 3 aromatic rings. The lowest BCUT2D eigenvalue weighted by molar-refractivity contribution is -0.133. The van der Waals surface area contributed by atoms with Crippen molar-refractivity contribution in [1.82, 2.24) is 9.47 Å². The van der Waals surface area contributed by atoms with Crippen molar-refractivity contribution in [3.63, 3.8) is 0 Å². The number of anilines is 2. The van der Waals surface area contributed by atoms with Crippen molar-refractivity contribution < 1.29 is 14.4 Å². The Morgan fingerprint density at radius 1 is 0.902 bits per heavy atom. The van der Waals surface area contributed by atoms with Crippen LogP contribution in [0, 0.1) is 5.92 Å². The highest BCUT2D eigenvalue weighted by Gasteiger charge is 2.56. The number of hydrogen-bond donors (Lipinski definition) is 0. The van der Waals surface area contributed by atoms with E-state index in [0.29, 0.717) is 23.8 Å². The fourth-order valence-corrected chi connectivity index (χ4v) is 9.08. The molecular formula is C31H34N4O4S2. The van der Waals surface area contributed by atoms with Crippen LogP contribution in [0.5, 0.6) is 0 Å². The number of amides is 3. The highest BCUT2D eigenvalue weighted by Crippen LogP contribution is 2.54. The smallest absolute Gasteiger partial charge is 0.308 e. The number of thioether (sulfide) groups is 1. The van der Waals surface area contributed by atoms with E-state index in [9.17, 15) is 19.2 Å². The number of piperidine rings is 1. The van der Waals surface area contributed by atoms with Gasteiger partial charge in [0.2, 0.25) is 17.7 Å². The van der Waals surface area contributed by atoms with Crippen LogP contribution in [0.15, 0.2) is 64.4 Å². The second-order valence-electron chi connectivity index (χ2n) is 10.7. The number of benzene rings is 2. The zero-order valence-corrected chi connectivity index (χ0v) is 25.0. The molecule has 2 unspecified atom stereocenters. The first-order chi connectivity index (χ1) is 19.9. The zero-order chi connectivity index (χ0) is 28.7. The summed E-state index contributed by atoms with van der Waals surface area (Å²) in [4.78, 5) is 60.4. The number of aromatic nitrogens is 1. The number of hydrogen-bond acceptors (Lipinski definition) is 7. The summed E-state index contributed by atoms with van der Waals surface area (Å²) in [5.74, 6) is -1.71. The molecule has 3 aliphatic heterocycles.